The van der Waals surface area contributed by atoms with Gasteiger partial charge >= 0.3 is 88.7 Å². The Hall–Kier alpha value is 5.17. The predicted molar refractivity (Wildman–Crippen MR) is 7.61 cm³/mol. The molecule has 0 N–H and O–H groups in total. The first-order chi connectivity index (χ1) is 2.00. The molecule has 0 aromatic heterocycles. The summed E-state index contributed by atoms with van der Waals surface area (Å²) in [4.78, 5) is 25.6. The van der Waals surface area contributed by atoms with Crippen molar-refractivity contribution >= 4 is 7.82 Å². The standard InChI is InChI=1S/3Na.H3O4P.3Pt/c;;;1-5(2,3)4;;;/h;;;(H3,1,2,3,4);;;/q3*+1;;;;/p-3. The van der Waals surface area contributed by atoms with Crippen LogP contribution in [0.15, 0.2) is 0 Å². The van der Waals surface area contributed by atoms with Gasteiger partial charge in [0.1, 0.15) is 0 Å². The van der Waals surface area contributed by atoms with E-state index in [0.717, 1.165) is 0 Å². The summed E-state index contributed by atoms with van der Waals surface area (Å²) in [5.41, 5.74) is 0. The van der Waals surface area contributed by atoms with Gasteiger partial charge in [0.2, 0.25) is 0 Å². The van der Waals surface area contributed by atoms with Crippen LogP contribution in [-0.2, 0) is 67.8 Å². The van der Waals surface area contributed by atoms with Gasteiger partial charge < -0.3 is 19.2 Å². The van der Waals surface area contributed by atoms with Crippen LogP contribution < -0.4 is 103 Å². The van der Waals surface area contributed by atoms with E-state index in [9.17, 15) is 0 Å². The Bertz CT molecular complexity index is 66.7. The fourth-order valence-electron chi connectivity index (χ4n) is 0. The average molecular weight is 749 g/mol. The third-order valence-corrected chi connectivity index (χ3v) is 0. The topological polar surface area (TPSA) is 86.2 Å². The molecule has 0 atom stereocenters. The third kappa shape index (κ3) is 98.4. The smallest absolute Gasteiger partial charge is 0.822 e. The quantitative estimate of drug-likeness (QED) is 0.182. The second kappa shape index (κ2) is 24.4. The van der Waals surface area contributed by atoms with Crippen LogP contribution >= 0.6 is 7.82 Å². The van der Waals surface area contributed by atoms with Gasteiger partial charge in [0.25, 0.3) is 0 Å². The molecule has 11 heavy (non-hydrogen) atoms. The van der Waals surface area contributed by atoms with Crippen LogP contribution in [0.4, 0.5) is 0 Å². The Balaban J connectivity index is -0.00000000533. The second-order valence-electron chi connectivity index (χ2n) is 0.447. The molecule has 0 bridgehead atoms. The molecule has 0 amide bonds. The van der Waals surface area contributed by atoms with Gasteiger partial charge in [-0.2, -0.15) is 7.82 Å². The summed E-state index contributed by atoms with van der Waals surface area (Å²) >= 11 is 0. The van der Waals surface area contributed by atoms with Gasteiger partial charge in [0.05, 0.1) is 0 Å². The van der Waals surface area contributed by atoms with Gasteiger partial charge in [-0.05, 0) is 0 Å². The maximum absolute atomic E-state index is 8.55. The maximum Gasteiger partial charge on any atom is 1.00 e. The third-order valence-electron chi connectivity index (χ3n) is 0. The van der Waals surface area contributed by atoms with Crippen LogP contribution in [-0.4, -0.2) is 0 Å². The number of rotatable bonds is 0. The van der Waals surface area contributed by atoms with Gasteiger partial charge in [-0.1, -0.05) is 0 Å². The van der Waals surface area contributed by atoms with E-state index in [-0.39, 0.29) is 152 Å². The Morgan fingerprint density at radius 2 is 0.727 bits per heavy atom. The summed E-state index contributed by atoms with van der Waals surface area (Å²) in [6, 6.07) is 0. The van der Waals surface area contributed by atoms with Crippen LogP contribution in [0.25, 0.3) is 0 Å². The monoisotopic (exact) mass is 749 g/mol. The van der Waals surface area contributed by atoms with Gasteiger partial charge in [-0.25, -0.2) is 0 Å². The van der Waals surface area contributed by atoms with E-state index in [4.69, 9.17) is 19.2 Å². The molecule has 0 fully saturated rings. The van der Waals surface area contributed by atoms with E-state index in [1.165, 1.54) is 0 Å². The van der Waals surface area contributed by atoms with Crippen molar-refractivity contribution < 1.29 is 171 Å². The summed E-state index contributed by atoms with van der Waals surface area (Å²) < 4.78 is 8.55. The number of hydrogen-bond acceptors (Lipinski definition) is 4. The summed E-state index contributed by atoms with van der Waals surface area (Å²) in [7, 11) is -5.39. The zero-order chi connectivity index (χ0) is 4.50. The minimum Gasteiger partial charge on any atom is -0.822 e. The van der Waals surface area contributed by atoms with E-state index in [1.807, 2.05) is 0 Å². The molecule has 0 saturated heterocycles. The van der Waals surface area contributed by atoms with Crippen LogP contribution in [0.1, 0.15) is 0 Å². The molecule has 0 spiro atoms. The van der Waals surface area contributed by atoms with Crippen LogP contribution in [0, 0.1) is 0 Å². The van der Waals surface area contributed by atoms with Crippen molar-refractivity contribution in [2.45, 2.75) is 0 Å². The first-order valence-corrected chi connectivity index (χ1v) is 2.19. The molecule has 0 rings (SSSR count). The summed E-state index contributed by atoms with van der Waals surface area (Å²) in [6.07, 6.45) is 0. The molecule has 0 aliphatic carbocycles. The van der Waals surface area contributed by atoms with Gasteiger partial charge in [-0.15, -0.1) is 0 Å². The Morgan fingerprint density at radius 1 is 0.727 bits per heavy atom. The zero-order valence-electron chi connectivity index (χ0n) is 6.03. The molecule has 62 valence electrons. The van der Waals surface area contributed by atoms with E-state index in [1.54, 1.807) is 0 Å². The fourth-order valence-corrected chi connectivity index (χ4v) is 0. The van der Waals surface area contributed by atoms with Gasteiger partial charge in [-0.3, -0.25) is 0 Å². The summed E-state index contributed by atoms with van der Waals surface area (Å²) in [5.74, 6) is 0. The van der Waals surface area contributed by atoms with Crippen LogP contribution in [0.3, 0.4) is 0 Å². The van der Waals surface area contributed by atoms with Crippen molar-refractivity contribution in [1.29, 1.82) is 0 Å². The largest absolute Gasteiger partial charge is 1.00 e. The first-order valence-electron chi connectivity index (χ1n) is 0.730. The molecule has 0 radical (unpaired) electrons. The van der Waals surface area contributed by atoms with Crippen molar-refractivity contribution in [2.24, 2.45) is 0 Å². The predicted octanol–water partition coefficient (Wildman–Crippen LogP) is -11.8. The Labute approximate surface area is 175 Å². The summed E-state index contributed by atoms with van der Waals surface area (Å²) in [6.45, 7) is 0. The van der Waals surface area contributed by atoms with E-state index in [2.05, 4.69) is 0 Å². The minimum absolute atomic E-state index is 0. The van der Waals surface area contributed by atoms with E-state index < -0.39 is 7.82 Å². The van der Waals surface area contributed by atoms with Crippen molar-refractivity contribution in [2.75, 3.05) is 0 Å². The molecule has 11 heteroatoms. The van der Waals surface area contributed by atoms with Crippen molar-refractivity contribution in [3.63, 3.8) is 0 Å². The molecular weight excluding hydrogens is 749 g/mol. The molecular formula is Na3O4PPt3. The molecule has 0 aromatic rings. The average Bonchev–Trinajstić information content (AvgIpc) is 0.722. The maximum atomic E-state index is 8.55. The molecule has 0 aliphatic heterocycles. The Kier molecular flexibility index (Phi) is 98.2. The van der Waals surface area contributed by atoms with Crippen molar-refractivity contribution in [1.82, 2.24) is 0 Å². The molecule has 0 heterocycles. The minimum atomic E-state index is -5.39. The summed E-state index contributed by atoms with van der Waals surface area (Å²) in [5, 5.41) is 0. The molecule has 0 saturated carbocycles. The van der Waals surface area contributed by atoms with E-state index in [0.29, 0.717) is 0 Å². The molecule has 0 unspecified atom stereocenters. The van der Waals surface area contributed by atoms with Crippen molar-refractivity contribution in [3.8, 4) is 0 Å². The number of hydrogen-bond donors (Lipinski definition) is 0. The van der Waals surface area contributed by atoms with Crippen molar-refractivity contribution in [3.05, 3.63) is 0 Å². The normalized spacial score (nSPS) is 5.36. The molecule has 4 nitrogen and oxygen atoms in total. The zero-order valence-corrected chi connectivity index (χ0v) is 19.7. The van der Waals surface area contributed by atoms with Gasteiger partial charge in [0, 0.05) is 63.2 Å². The van der Waals surface area contributed by atoms with Gasteiger partial charge in [0.15, 0.2) is 0 Å². The number of phosphoric acid groups is 1. The van der Waals surface area contributed by atoms with Crippen LogP contribution in [0.2, 0.25) is 0 Å². The molecule has 0 aromatic carbocycles. The second-order valence-corrected chi connectivity index (χ2v) is 1.34. The first kappa shape index (κ1) is 44.2. The SMILES string of the molecule is O=P([O-])([O-])[O-].[Na+].[Na+].[Na+].[Pt].[Pt].[Pt]. The molecule has 0 aliphatic rings. The Morgan fingerprint density at radius 3 is 0.727 bits per heavy atom. The van der Waals surface area contributed by atoms with Crippen LogP contribution in [0.5, 0.6) is 0 Å². The fraction of sp³-hybridized carbons (Fsp3) is 0. The van der Waals surface area contributed by atoms with E-state index >= 15 is 0 Å².